The van der Waals surface area contributed by atoms with Crippen LogP contribution in [0.15, 0.2) is 108 Å². The van der Waals surface area contributed by atoms with Gasteiger partial charge in [0, 0.05) is 29.7 Å². The molecule has 0 atom stereocenters. The lowest BCUT2D eigenvalue weighted by Gasteiger charge is -2.18. The van der Waals surface area contributed by atoms with Crippen molar-refractivity contribution in [2.45, 2.75) is 27.1 Å². The third kappa shape index (κ3) is 5.90. The molecule has 3 aromatic rings. The molecule has 6 heteroatoms. The second-order valence-corrected chi connectivity index (χ2v) is 8.61. The van der Waals surface area contributed by atoms with E-state index in [4.69, 9.17) is 14.2 Å². The van der Waals surface area contributed by atoms with Gasteiger partial charge in [-0.1, -0.05) is 56.8 Å². The Labute approximate surface area is 210 Å². The van der Waals surface area contributed by atoms with Gasteiger partial charge in [-0.05, 0) is 35.4 Å². The molecule has 0 saturated carbocycles. The molecule has 0 amide bonds. The molecular weight excluding hydrogens is 454 g/mol. The summed E-state index contributed by atoms with van der Waals surface area (Å²) in [5.41, 5.74) is 2.54. The molecule has 1 aliphatic heterocycles. The van der Waals surface area contributed by atoms with Crippen molar-refractivity contribution < 1.29 is 24.1 Å². The summed E-state index contributed by atoms with van der Waals surface area (Å²) >= 11 is 0. The Kier molecular flexibility index (Phi) is 7.98. The number of para-hydroxylation sites is 1. The van der Waals surface area contributed by atoms with Crippen LogP contribution in [0, 0.1) is 5.92 Å². The molecule has 0 spiro atoms. The van der Waals surface area contributed by atoms with E-state index in [2.05, 4.69) is 11.6 Å². The minimum Gasteiger partial charge on any atom is -0.493 e. The van der Waals surface area contributed by atoms with Crippen LogP contribution in [0.25, 0.3) is 10.9 Å². The fraction of sp³-hybridized carbons (Fsp3) is 0.200. The summed E-state index contributed by atoms with van der Waals surface area (Å²) in [5, 5.41) is 10.5. The number of carbonyl (C=O) groups is 1. The zero-order valence-corrected chi connectivity index (χ0v) is 20.4. The Morgan fingerprint density at radius 3 is 2.58 bits per heavy atom. The van der Waals surface area contributed by atoms with Gasteiger partial charge in [-0.25, -0.2) is 0 Å². The van der Waals surface area contributed by atoms with Gasteiger partial charge in [0.05, 0.1) is 17.7 Å². The molecule has 1 N–H and O–H groups in total. The Morgan fingerprint density at radius 2 is 1.81 bits per heavy atom. The van der Waals surface area contributed by atoms with E-state index in [1.54, 1.807) is 24.4 Å². The molecule has 6 nitrogen and oxygen atoms in total. The maximum atomic E-state index is 13.0. The maximum absolute atomic E-state index is 13.0. The molecule has 1 aliphatic rings. The van der Waals surface area contributed by atoms with E-state index in [-0.39, 0.29) is 42.9 Å². The van der Waals surface area contributed by atoms with Crippen LogP contribution in [0.3, 0.4) is 0 Å². The highest BCUT2D eigenvalue weighted by Gasteiger charge is 2.18. The number of ether oxygens (including phenoxy) is 3. The molecule has 0 fully saturated rings. The molecule has 0 saturated heterocycles. The lowest BCUT2D eigenvalue weighted by Crippen LogP contribution is -2.12. The number of pyridine rings is 1. The van der Waals surface area contributed by atoms with E-state index in [0.29, 0.717) is 17.3 Å². The van der Waals surface area contributed by atoms with E-state index >= 15 is 0 Å². The molecule has 2 aromatic carbocycles. The van der Waals surface area contributed by atoms with Crippen molar-refractivity contribution in [2.75, 3.05) is 6.61 Å². The number of rotatable bonds is 7. The predicted octanol–water partition coefficient (Wildman–Crippen LogP) is 5.79. The smallest absolute Gasteiger partial charge is 0.192 e. The second-order valence-electron chi connectivity index (χ2n) is 8.61. The monoisotopic (exact) mass is 483 g/mol. The summed E-state index contributed by atoms with van der Waals surface area (Å²) in [7, 11) is 0. The number of aliphatic hydroxyl groups is 1. The summed E-state index contributed by atoms with van der Waals surface area (Å²) in [5.74, 6) is 1.58. The first-order chi connectivity index (χ1) is 17.5. The number of aliphatic hydroxyl groups excluding tert-OH is 1. The molecule has 184 valence electrons. The zero-order chi connectivity index (χ0) is 25.5. The van der Waals surface area contributed by atoms with Crippen LogP contribution < -0.4 is 4.74 Å². The number of carbonyl (C=O) groups excluding carboxylic acids is 1. The third-order valence-electron chi connectivity index (χ3n) is 5.75. The average molecular weight is 484 g/mol. The molecule has 0 radical (unpaired) electrons. The van der Waals surface area contributed by atoms with E-state index in [9.17, 15) is 9.90 Å². The van der Waals surface area contributed by atoms with Crippen molar-refractivity contribution in [2.24, 2.45) is 5.92 Å². The van der Waals surface area contributed by atoms with Crippen molar-refractivity contribution in [3.8, 4) is 5.75 Å². The zero-order valence-electron chi connectivity index (χ0n) is 20.4. The number of ketones is 1. The highest BCUT2D eigenvalue weighted by Crippen LogP contribution is 2.28. The van der Waals surface area contributed by atoms with Crippen molar-refractivity contribution in [1.82, 2.24) is 4.98 Å². The number of nitrogens with zero attached hydrogens (tertiary/aromatic N) is 1. The van der Waals surface area contributed by atoms with Crippen LogP contribution in [0.5, 0.6) is 5.75 Å². The van der Waals surface area contributed by atoms with Gasteiger partial charge in [0.2, 0.25) is 0 Å². The van der Waals surface area contributed by atoms with E-state index in [1.807, 2.05) is 62.4 Å². The fourth-order valence-corrected chi connectivity index (χ4v) is 3.70. The second kappa shape index (κ2) is 11.5. The van der Waals surface area contributed by atoms with Gasteiger partial charge in [0.25, 0.3) is 0 Å². The largest absolute Gasteiger partial charge is 0.493 e. The molecule has 4 rings (SSSR count). The molecule has 2 heterocycles. The summed E-state index contributed by atoms with van der Waals surface area (Å²) in [6.07, 6.45) is 6.58. The highest BCUT2D eigenvalue weighted by atomic mass is 16.5. The Hall–Kier alpha value is -4.16. The molecular formula is C30H29NO5. The first-order valence-corrected chi connectivity index (χ1v) is 11.8. The molecule has 0 bridgehead atoms. The van der Waals surface area contributed by atoms with Crippen molar-refractivity contribution in [3.63, 3.8) is 0 Å². The molecule has 0 aliphatic carbocycles. The van der Waals surface area contributed by atoms with Crippen molar-refractivity contribution in [1.29, 1.82) is 0 Å². The lowest BCUT2D eigenvalue weighted by molar-refractivity contribution is -0.111. The van der Waals surface area contributed by atoms with Gasteiger partial charge >= 0.3 is 0 Å². The summed E-state index contributed by atoms with van der Waals surface area (Å²) in [6, 6.07) is 16.9. The number of benzene rings is 2. The van der Waals surface area contributed by atoms with E-state index in [0.717, 1.165) is 22.0 Å². The third-order valence-corrected chi connectivity index (χ3v) is 5.75. The van der Waals surface area contributed by atoms with Crippen molar-refractivity contribution in [3.05, 3.63) is 120 Å². The molecule has 0 unspecified atom stereocenters. The van der Waals surface area contributed by atoms with Crippen LogP contribution in [-0.4, -0.2) is 22.5 Å². The summed E-state index contributed by atoms with van der Waals surface area (Å²) in [6.45, 7) is 8.16. The standard InChI is InChI=1S/C30H29NO5/c1-20(2)29-17-27(33)21(3)30(35-19-23-9-5-4-8-22(23)18-32)16-24(13-15-34-29)36-28-12-14-31-26-11-7-6-10-25(26)28/h4-14,16-17,20,32H,3,15,18-19H2,1-2H3/b24-13+,29-17-,30-16+. The van der Waals surface area contributed by atoms with Gasteiger partial charge in [0.15, 0.2) is 5.78 Å². The number of hydrogen-bond donors (Lipinski definition) is 1. The van der Waals surface area contributed by atoms with Crippen LogP contribution in [-0.2, 0) is 27.5 Å². The first kappa shape index (κ1) is 24.9. The average Bonchev–Trinajstić information content (AvgIpc) is 2.89. The van der Waals surface area contributed by atoms with Gasteiger partial charge in [0.1, 0.15) is 36.2 Å². The van der Waals surface area contributed by atoms with Crippen LogP contribution >= 0.6 is 0 Å². The summed E-state index contributed by atoms with van der Waals surface area (Å²) < 4.78 is 18.3. The summed E-state index contributed by atoms with van der Waals surface area (Å²) in [4.78, 5) is 17.4. The minimum atomic E-state index is -0.309. The minimum absolute atomic E-state index is 0.00728. The number of hydrogen-bond acceptors (Lipinski definition) is 6. The van der Waals surface area contributed by atoms with Crippen LogP contribution in [0.4, 0.5) is 0 Å². The molecule has 1 aromatic heterocycles. The number of aromatic nitrogens is 1. The lowest BCUT2D eigenvalue weighted by atomic mass is 10.1. The normalized spacial score (nSPS) is 18.9. The topological polar surface area (TPSA) is 77.9 Å². The Balaban J connectivity index is 1.72. The van der Waals surface area contributed by atoms with Crippen molar-refractivity contribution >= 4 is 16.7 Å². The van der Waals surface area contributed by atoms with Gasteiger partial charge in [-0.2, -0.15) is 0 Å². The van der Waals surface area contributed by atoms with E-state index < -0.39 is 0 Å². The number of fused-ring (bicyclic) bond motifs is 1. The maximum Gasteiger partial charge on any atom is 0.192 e. The van der Waals surface area contributed by atoms with Crippen LogP contribution in [0.1, 0.15) is 25.0 Å². The van der Waals surface area contributed by atoms with Crippen LogP contribution in [0.2, 0.25) is 0 Å². The van der Waals surface area contributed by atoms with Gasteiger partial charge in [-0.3, -0.25) is 9.78 Å². The Morgan fingerprint density at radius 1 is 1.06 bits per heavy atom. The fourth-order valence-electron chi connectivity index (χ4n) is 3.70. The molecule has 36 heavy (non-hydrogen) atoms. The van der Waals surface area contributed by atoms with Gasteiger partial charge < -0.3 is 19.3 Å². The van der Waals surface area contributed by atoms with E-state index in [1.165, 1.54) is 6.08 Å². The quantitative estimate of drug-likeness (QED) is 0.429. The Bertz CT molecular complexity index is 1360. The van der Waals surface area contributed by atoms with Gasteiger partial charge in [-0.15, -0.1) is 0 Å². The predicted molar refractivity (Wildman–Crippen MR) is 139 cm³/mol. The SMILES string of the molecule is C=C1C(=O)/C=C(/C(C)C)OC/C=C(Oc2ccnc3ccccc23)\C=C/1OCc1ccccc1CO. The highest BCUT2D eigenvalue weighted by molar-refractivity contribution is 6.06. The first-order valence-electron chi connectivity index (χ1n) is 11.8. The number of allylic oxidation sites excluding steroid dienone is 4.